The summed E-state index contributed by atoms with van der Waals surface area (Å²) in [5.74, 6) is 0.00625. The Morgan fingerprint density at radius 2 is 2.22 bits per heavy atom. The van der Waals surface area contributed by atoms with Crippen molar-refractivity contribution < 1.29 is 14.6 Å². The lowest BCUT2D eigenvalue weighted by Crippen LogP contribution is -2.66. The molecule has 2 rings (SSSR count). The summed E-state index contributed by atoms with van der Waals surface area (Å²) in [6.45, 7) is 6.34. The van der Waals surface area contributed by atoms with Crippen LogP contribution in [0.2, 0.25) is 0 Å². The van der Waals surface area contributed by atoms with Crippen LogP contribution in [0.3, 0.4) is 0 Å². The van der Waals surface area contributed by atoms with E-state index < -0.39 is 6.04 Å². The minimum atomic E-state index is -0.410. The van der Waals surface area contributed by atoms with Crippen LogP contribution in [-0.4, -0.2) is 71.8 Å². The van der Waals surface area contributed by atoms with Gasteiger partial charge in [-0.05, 0) is 26.7 Å². The highest BCUT2D eigenvalue weighted by molar-refractivity contribution is 5.83. The third kappa shape index (κ3) is 2.53. The van der Waals surface area contributed by atoms with Crippen LogP contribution in [0, 0.1) is 0 Å². The summed E-state index contributed by atoms with van der Waals surface area (Å²) in [6.07, 6.45) is 2.37. The number of ether oxygens (including phenoxy) is 1. The quantitative estimate of drug-likeness (QED) is 0.777. The molecule has 2 saturated heterocycles. The zero-order chi connectivity index (χ0) is 13.3. The van der Waals surface area contributed by atoms with Crippen molar-refractivity contribution in [3.63, 3.8) is 0 Å². The zero-order valence-corrected chi connectivity index (χ0v) is 11.6. The van der Waals surface area contributed by atoms with Crippen LogP contribution in [0.25, 0.3) is 0 Å². The second-order valence-corrected chi connectivity index (χ2v) is 5.97. The summed E-state index contributed by atoms with van der Waals surface area (Å²) in [5.41, 5.74) is -0.193. The lowest BCUT2D eigenvalue weighted by Gasteiger charge is -2.49. The van der Waals surface area contributed by atoms with Gasteiger partial charge >= 0.3 is 0 Å². The van der Waals surface area contributed by atoms with Gasteiger partial charge in [0.15, 0.2) is 0 Å². The molecule has 0 saturated carbocycles. The smallest absolute Gasteiger partial charge is 0.242 e. The van der Waals surface area contributed by atoms with Gasteiger partial charge in [-0.2, -0.15) is 0 Å². The number of aliphatic hydroxyl groups excluding tert-OH is 1. The highest BCUT2D eigenvalue weighted by Gasteiger charge is 2.43. The number of likely N-dealkylation sites (N-methyl/N-ethyl adjacent to an activating group) is 1. The SMILES string of the molecule is CN1C(=O)C(CO)N(CC2CCCO2)CC1(C)C. The molecule has 0 aromatic rings. The predicted octanol–water partition coefficient (Wildman–Crippen LogP) is 0.0789. The average molecular weight is 256 g/mol. The van der Waals surface area contributed by atoms with Crippen molar-refractivity contribution in [1.82, 2.24) is 9.80 Å². The van der Waals surface area contributed by atoms with Crippen LogP contribution in [-0.2, 0) is 9.53 Å². The molecule has 0 aromatic heterocycles. The van der Waals surface area contributed by atoms with Crippen LogP contribution in [0.15, 0.2) is 0 Å². The van der Waals surface area contributed by atoms with E-state index in [2.05, 4.69) is 18.7 Å². The molecule has 2 aliphatic heterocycles. The number of carbonyl (C=O) groups excluding carboxylic acids is 1. The fraction of sp³-hybridized carbons (Fsp3) is 0.923. The highest BCUT2D eigenvalue weighted by Crippen LogP contribution is 2.25. The Hall–Kier alpha value is -0.650. The first-order chi connectivity index (χ1) is 8.45. The summed E-state index contributed by atoms with van der Waals surface area (Å²) < 4.78 is 5.63. The van der Waals surface area contributed by atoms with Crippen molar-refractivity contribution in [2.24, 2.45) is 0 Å². The van der Waals surface area contributed by atoms with E-state index in [4.69, 9.17) is 4.74 Å². The monoisotopic (exact) mass is 256 g/mol. The molecule has 0 aromatic carbocycles. The number of amides is 1. The molecule has 0 spiro atoms. The van der Waals surface area contributed by atoms with E-state index >= 15 is 0 Å². The molecule has 2 fully saturated rings. The Bertz CT molecular complexity index is 313. The summed E-state index contributed by atoms with van der Waals surface area (Å²) in [6, 6.07) is -0.410. The normalized spacial score (nSPS) is 33.1. The molecule has 1 amide bonds. The van der Waals surface area contributed by atoms with Crippen LogP contribution in [0.1, 0.15) is 26.7 Å². The van der Waals surface area contributed by atoms with E-state index in [-0.39, 0.29) is 24.2 Å². The van der Waals surface area contributed by atoms with Crippen molar-refractivity contribution in [2.75, 3.05) is 33.4 Å². The van der Waals surface area contributed by atoms with Gasteiger partial charge in [0.2, 0.25) is 5.91 Å². The number of hydrogen-bond acceptors (Lipinski definition) is 4. The number of rotatable bonds is 3. The molecule has 0 bridgehead atoms. The molecular formula is C13H24N2O3. The molecule has 2 atom stereocenters. The average Bonchev–Trinajstić information content (AvgIpc) is 2.79. The van der Waals surface area contributed by atoms with Crippen LogP contribution < -0.4 is 0 Å². The Kier molecular flexibility index (Phi) is 3.94. The summed E-state index contributed by atoms with van der Waals surface area (Å²) in [5, 5.41) is 9.46. The molecule has 2 aliphatic rings. The van der Waals surface area contributed by atoms with Gasteiger partial charge in [0.05, 0.1) is 12.7 Å². The number of piperazine rings is 1. The Labute approximate surface area is 109 Å². The molecule has 5 nitrogen and oxygen atoms in total. The van der Waals surface area contributed by atoms with Gasteiger partial charge < -0.3 is 14.7 Å². The van der Waals surface area contributed by atoms with Gasteiger partial charge in [0.25, 0.3) is 0 Å². The number of carbonyl (C=O) groups is 1. The maximum atomic E-state index is 12.2. The maximum Gasteiger partial charge on any atom is 0.242 e. The molecule has 18 heavy (non-hydrogen) atoms. The van der Waals surface area contributed by atoms with E-state index in [1.165, 1.54) is 0 Å². The van der Waals surface area contributed by atoms with Gasteiger partial charge in [0, 0.05) is 32.3 Å². The molecule has 2 unspecified atom stereocenters. The predicted molar refractivity (Wildman–Crippen MR) is 68.3 cm³/mol. The van der Waals surface area contributed by atoms with Crippen molar-refractivity contribution in [3.05, 3.63) is 0 Å². The van der Waals surface area contributed by atoms with Crippen LogP contribution >= 0.6 is 0 Å². The van der Waals surface area contributed by atoms with E-state index in [1.54, 1.807) is 4.90 Å². The van der Waals surface area contributed by atoms with Gasteiger partial charge in [-0.1, -0.05) is 0 Å². The Morgan fingerprint density at radius 1 is 1.50 bits per heavy atom. The fourth-order valence-electron chi connectivity index (χ4n) is 2.83. The van der Waals surface area contributed by atoms with E-state index in [0.29, 0.717) is 0 Å². The molecule has 1 N–H and O–H groups in total. The lowest BCUT2D eigenvalue weighted by atomic mass is 9.95. The molecule has 5 heteroatoms. The van der Waals surface area contributed by atoms with Crippen molar-refractivity contribution in [1.29, 1.82) is 0 Å². The van der Waals surface area contributed by atoms with Crippen molar-refractivity contribution >= 4 is 5.91 Å². The lowest BCUT2D eigenvalue weighted by molar-refractivity contribution is -0.152. The maximum absolute atomic E-state index is 12.2. The molecular weight excluding hydrogens is 232 g/mol. The summed E-state index contributed by atoms with van der Waals surface area (Å²) >= 11 is 0. The summed E-state index contributed by atoms with van der Waals surface area (Å²) in [4.78, 5) is 16.1. The molecule has 2 heterocycles. The first-order valence-electron chi connectivity index (χ1n) is 6.70. The zero-order valence-electron chi connectivity index (χ0n) is 11.6. The van der Waals surface area contributed by atoms with Crippen LogP contribution in [0.4, 0.5) is 0 Å². The largest absolute Gasteiger partial charge is 0.394 e. The van der Waals surface area contributed by atoms with Gasteiger partial charge in [-0.25, -0.2) is 0 Å². The number of hydrogen-bond donors (Lipinski definition) is 1. The van der Waals surface area contributed by atoms with Gasteiger partial charge in [-0.15, -0.1) is 0 Å². The standard InChI is InChI=1S/C13H24N2O3/c1-13(2)9-15(7-10-5-4-6-18-10)11(8-16)12(17)14(13)3/h10-11,16H,4-9H2,1-3H3. The first-order valence-corrected chi connectivity index (χ1v) is 6.70. The second kappa shape index (κ2) is 5.15. The van der Waals surface area contributed by atoms with Gasteiger partial charge in [0.1, 0.15) is 6.04 Å². The minimum Gasteiger partial charge on any atom is -0.394 e. The molecule has 0 aliphatic carbocycles. The number of nitrogens with zero attached hydrogens (tertiary/aromatic N) is 2. The third-order valence-corrected chi connectivity index (χ3v) is 4.19. The Morgan fingerprint density at radius 3 is 2.78 bits per heavy atom. The van der Waals surface area contributed by atoms with Gasteiger partial charge in [-0.3, -0.25) is 9.69 Å². The molecule has 104 valence electrons. The summed E-state index contributed by atoms with van der Waals surface area (Å²) in [7, 11) is 1.81. The first kappa shape index (κ1) is 13.8. The highest BCUT2D eigenvalue weighted by atomic mass is 16.5. The van der Waals surface area contributed by atoms with E-state index in [1.807, 2.05) is 7.05 Å². The second-order valence-electron chi connectivity index (χ2n) is 5.97. The molecule has 0 radical (unpaired) electrons. The topological polar surface area (TPSA) is 53.0 Å². The number of aliphatic hydroxyl groups is 1. The fourth-order valence-corrected chi connectivity index (χ4v) is 2.83. The van der Waals surface area contributed by atoms with E-state index in [9.17, 15) is 9.90 Å². The van der Waals surface area contributed by atoms with Crippen molar-refractivity contribution in [2.45, 2.75) is 44.4 Å². The third-order valence-electron chi connectivity index (χ3n) is 4.19. The van der Waals surface area contributed by atoms with E-state index in [0.717, 1.165) is 32.5 Å². The Balaban J connectivity index is 2.08. The van der Waals surface area contributed by atoms with Crippen molar-refractivity contribution in [3.8, 4) is 0 Å². The minimum absolute atomic E-state index is 0.00625. The van der Waals surface area contributed by atoms with Crippen LogP contribution in [0.5, 0.6) is 0 Å².